The zero-order chi connectivity index (χ0) is 11.0. The molecule has 0 spiro atoms. The third kappa shape index (κ3) is 1.54. The zero-order valence-corrected chi connectivity index (χ0v) is 9.34. The second-order valence-corrected chi connectivity index (χ2v) is 5.25. The van der Waals surface area contributed by atoms with Crippen LogP contribution in [0.3, 0.4) is 0 Å². The van der Waals surface area contributed by atoms with Crippen molar-refractivity contribution in [1.82, 2.24) is 0 Å². The van der Waals surface area contributed by atoms with E-state index in [1.807, 2.05) is 0 Å². The number of carboxylic acids is 1. The van der Waals surface area contributed by atoms with Crippen molar-refractivity contribution in [2.75, 3.05) is 6.54 Å². The maximum absolute atomic E-state index is 10.9. The Labute approximate surface area is 85.7 Å². The number of aliphatic carboxylic acids is 1. The van der Waals surface area contributed by atoms with Crippen LogP contribution in [0.1, 0.15) is 40.0 Å². The van der Waals surface area contributed by atoms with E-state index in [1.54, 1.807) is 0 Å². The number of hydrogen-bond acceptors (Lipinski definition) is 2. The summed E-state index contributed by atoms with van der Waals surface area (Å²) in [6, 6.07) is 0. The zero-order valence-electron chi connectivity index (χ0n) is 9.34. The normalized spacial score (nSPS) is 35.9. The summed E-state index contributed by atoms with van der Waals surface area (Å²) in [5.41, 5.74) is 5.67. The molecule has 0 heterocycles. The van der Waals surface area contributed by atoms with Crippen LogP contribution in [-0.4, -0.2) is 17.6 Å². The summed E-state index contributed by atoms with van der Waals surface area (Å²) < 4.78 is 0. The van der Waals surface area contributed by atoms with Gasteiger partial charge in [-0.3, -0.25) is 4.79 Å². The molecule has 1 aliphatic carbocycles. The monoisotopic (exact) mass is 199 g/mol. The Hall–Kier alpha value is -0.570. The van der Waals surface area contributed by atoms with E-state index in [-0.39, 0.29) is 17.3 Å². The van der Waals surface area contributed by atoms with E-state index in [9.17, 15) is 4.79 Å². The van der Waals surface area contributed by atoms with Crippen molar-refractivity contribution in [1.29, 1.82) is 0 Å². The fraction of sp³-hybridized carbons (Fsp3) is 0.909. The molecular formula is C11H21NO2. The molecule has 0 bridgehead atoms. The number of carbonyl (C=O) groups is 1. The lowest BCUT2D eigenvalue weighted by atomic mass is 9.62. The van der Waals surface area contributed by atoms with Crippen LogP contribution in [0.4, 0.5) is 0 Å². The largest absolute Gasteiger partial charge is 0.481 e. The van der Waals surface area contributed by atoms with E-state index in [0.29, 0.717) is 12.5 Å². The van der Waals surface area contributed by atoms with E-state index in [4.69, 9.17) is 10.8 Å². The van der Waals surface area contributed by atoms with Gasteiger partial charge in [0.15, 0.2) is 0 Å². The smallest absolute Gasteiger partial charge is 0.303 e. The molecule has 2 unspecified atom stereocenters. The van der Waals surface area contributed by atoms with Crippen LogP contribution in [0, 0.1) is 16.7 Å². The van der Waals surface area contributed by atoms with Crippen LogP contribution in [-0.2, 0) is 4.79 Å². The Kier molecular flexibility index (Phi) is 2.91. The van der Waals surface area contributed by atoms with Crippen LogP contribution < -0.4 is 5.73 Å². The van der Waals surface area contributed by atoms with E-state index in [0.717, 1.165) is 12.8 Å². The second-order valence-electron chi connectivity index (χ2n) is 5.25. The van der Waals surface area contributed by atoms with Gasteiger partial charge in [0, 0.05) is 5.41 Å². The predicted octanol–water partition coefficient (Wildman–Crippen LogP) is 1.86. The van der Waals surface area contributed by atoms with Gasteiger partial charge in [0.2, 0.25) is 0 Å². The van der Waals surface area contributed by atoms with Crippen LogP contribution in [0.5, 0.6) is 0 Å². The molecule has 0 aromatic rings. The molecule has 3 heteroatoms. The fourth-order valence-electron chi connectivity index (χ4n) is 3.00. The van der Waals surface area contributed by atoms with Gasteiger partial charge >= 0.3 is 5.97 Å². The van der Waals surface area contributed by atoms with Crippen molar-refractivity contribution in [3.63, 3.8) is 0 Å². The first kappa shape index (κ1) is 11.5. The summed E-state index contributed by atoms with van der Waals surface area (Å²) >= 11 is 0. The molecule has 3 nitrogen and oxygen atoms in total. The molecule has 0 saturated heterocycles. The van der Waals surface area contributed by atoms with Crippen molar-refractivity contribution in [3.8, 4) is 0 Å². The summed E-state index contributed by atoms with van der Waals surface area (Å²) in [4.78, 5) is 10.9. The fourth-order valence-corrected chi connectivity index (χ4v) is 3.00. The Morgan fingerprint density at radius 3 is 2.43 bits per heavy atom. The van der Waals surface area contributed by atoms with Crippen molar-refractivity contribution in [2.24, 2.45) is 22.5 Å². The van der Waals surface area contributed by atoms with Crippen molar-refractivity contribution < 1.29 is 9.90 Å². The van der Waals surface area contributed by atoms with Crippen LogP contribution in [0.15, 0.2) is 0 Å². The molecule has 1 rings (SSSR count). The number of rotatable bonds is 3. The maximum Gasteiger partial charge on any atom is 0.303 e. The first-order valence-corrected chi connectivity index (χ1v) is 5.27. The molecular weight excluding hydrogens is 178 g/mol. The quantitative estimate of drug-likeness (QED) is 0.729. The van der Waals surface area contributed by atoms with Gasteiger partial charge in [-0.1, -0.05) is 20.8 Å². The highest BCUT2D eigenvalue weighted by Crippen LogP contribution is 2.57. The molecule has 0 aromatic carbocycles. The van der Waals surface area contributed by atoms with Crippen molar-refractivity contribution in [3.05, 3.63) is 0 Å². The second kappa shape index (κ2) is 3.54. The van der Waals surface area contributed by atoms with Gasteiger partial charge in [-0.05, 0) is 30.7 Å². The third-order valence-electron chi connectivity index (χ3n) is 4.32. The topological polar surface area (TPSA) is 63.3 Å². The van der Waals surface area contributed by atoms with Gasteiger partial charge < -0.3 is 10.8 Å². The Balaban J connectivity index is 2.99. The summed E-state index contributed by atoms with van der Waals surface area (Å²) in [6.07, 6.45) is 2.38. The third-order valence-corrected chi connectivity index (χ3v) is 4.32. The lowest BCUT2D eigenvalue weighted by Gasteiger charge is -2.42. The molecule has 0 aliphatic heterocycles. The Morgan fingerprint density at radius 1 is 1.57 bits per heavy atom. The molecule has 0 radical (unpaired) electrons. The highest BCUT2D eigenvalue weighted by atomic mass is 16.4. The van der Waals surface area contributed by atoms with Gasteiger partial charge in [-0.15, -0.1) is 0 Å². The lowest BCUT2D eigenvalue weighted by Crippen LogP contribution is -2.45. The molecule has 3 N–H and O–H groups in total. The van der Waals surface area contributed by atoms with E-state index >= 15 is 0 Å². The number of carboxylic acid groups (broad SMARTS) is 1. The average molecular weight is 199 g/mol. The standard InChI is InChI=1S/C11H21NO2/c1-8-4-5-10(2,3)11(8,7-12)6-9(13)14/h8H,4-7,12H2,1-3H3,(H,13,14). The van der Waals surface area contributed by atoms with Crippen molar-refractivity contribution in [2.45, 2.75) is 40.0 Å². The molecule has 2 atom stereocenters. The summed E-state index contributed by atoms with van der Waals surface area (Å²) in [6.45, 7) is 6.90. The minimum atomic E-state index is -0.725. The first-order valence-electron chi connectivity index (χ1n) is 5.27. The molecule has 1 aliphatic rings. The van der Waals surface area contributed by atoms with Gasteiger partial charge in [-0.25, -0.2) is 0 Å². The number of nitrogens with two attached hydrogens (primary N) is 1. The van der Waals surface area contributed by atoms with E-state index in [1.165, 1.54) is 0 Å². The average Bonchev–Trinajstić information content (AvgIpc) is 2.28. The SMILES string of the molecule is CC1CCC(C)(C)C1(CN)CC(=O)O. The van der Waals surface area contributed by atoms with Gasteiger partial charge in [0.25, 0.3) is 0 Å². The highest BCUT2D eigenvalue weighted by Gasteiger charge is 2.53. The highest BCUT2D eigenvalue weighted by molar-refractivity contribution is 5.68. The molecule has 1 saturated carbocycles. The Morgan fingerprint density at radius 2 is 2.14 bits per heavy atom. The molecule has 14 heavy (non-hydrogen) atoms. The van der Waals surface area contributed by atoms with Crippen LogP contribution in [0.25, 0.3) is 0 Å². The summed E-state index contributed by atoms with van der Waals surface area (Å²) in [5, 5.41) is 8.96. The van der Waals surface area contributed by atoms with E-state index in [2.05, 4.69) is 20.8 Å². The van der Waals surface area contributed by atoms with Crippen LogP contribution >= 0.6 is 0 Å². The van der Waals surface area contributed by atoms with Crippen LogP contribution in [0.2, 0.25) is 0 Å². The van der Waals surface area contributed by atoms with Crippen molar-refractivity contribution >= 4 is 5.97 Å². The molecule has 82 valence electrons. The predicted molar refractivity (Wildman–Crippen MR) is 55.9 cm³/mol. The number of hydrogen-bond donors (Lipinski definition) is 2. The van der Waals surface area contributed by atoms with Gasteiger partial charge in [0.05, 0.1) is 6.42 Å². The summed E-state index contributed by atoms with van der Waals surface area (Å²) in [5.74, 6) is -0.309. The minimum absolute atomic E-state index is 0.0551. The first-order chi connectivity index (χ1) is 6.35. The molecule has 1 fully saturated rings. The van der Waals surface area contributed by atoms with Gasteiger partial charge in [0.1, 0.15) is 0 Å². The van der Waals surface area contributed by atoms with Gasteiger partial charge in [-0.2, -0.15) is 0 Å². The molecule has 0 aromatic heterocycles. The van der Waals surface area contributed by atoms with E-state index < -0.39 is 5.97 Å². The lowest BCUT2D eigenvalue weighted by molar-refractivity contribution is -0.142. The minimum Gasteiger partial charge on any atom is -0.481 e. The Bertz CT molecular complexity index is 237. The maximum atomic E-state index is 10.9. The molecule has 0 amide bonds. The summed E-state index contributed by atoms with van der Waals surface area (Å²) in [7, 11) is 0.